The molecular weight excluding hydrogens is 354 g/mol. The van der Waals surface area contributed by atoms with Crippen LogP contribution >= 0.6 is 11.3 Å². The summed E-state index contributed by atoms with van der Waals surface area (Å²) in [6.07, 6.45) is 0. The van der Waals surface area contributed by atoms with Crippen LogP contribution < -0.4 is 15.4 Å². The lowest BCUT2D eigenvalue weighted by Gasteiger charge is -2.27. The fourth-order valence-corrected chi connectivity index (χ4v) is 4.15. The number of piperazine rings is 1. The third-order valence-corrected chi connectivity index (χ3v) is 5.58. The van der Waals surface area contributed by atoms with E-state index in [-0.39, 0.29) is 5.91 Å². The van der Waals surface area contributed by atoms with Crippen LogP contribution in [0.5, 0.6) is 5.88 Å². The number of fused-ring (bicyclic) bond motifs is 1. The van der Waals surface area contributed by atoms with Gasteiger partial charge in [0.1, 0.15) is 11.4 Å². The first-order chi connectivity index (χ1) is 12.6. The second-order valence-electron chi connectivity index (χ2n) is 6.17. The minimum atomic E-state index is -0.0732. The zero-order valence-corrected chi connectivity index (χ0v) is 16.2. The Bertz CT molecular complexity index is 773. The molecule has 142 valence electrons. The van der Waals surface area contributed by atoms with Gasteiger partial charge in [0.05, 0.1) is 17.4 Å². The third-order valence-electron chi connectivity index (χ3n) is 4.40. The molecule has 26 heavy (non-hydrogen) atoms. The van der Waals surface area contributed by atoms with Crippen LogP contribution in [0.1, 0.15) is 21.1 Å². The van der Waals surface area contributed by atoms with Crippen molar-refractivity contribution in [3.8, 4) is 5.88 Å². The summed E-state index contributed by atoms with van der Waals surface area (Å²) in [5.41, 5.74) is 0.852. The standard InChI is InChI=1S/C17H25N5O3S/c1-11-13-16(25-3)20-12(10-24-2)21-17(13)26-14(11)15(23)19-6-9-22-7-4-18-5-8-22/h18H,4-10H2,1-3H3,(H,19,23). The number of nitrogens with one attached hydrogen (secondary N) is 2. The second kappa shape index (κ2) is 8.72. The van der Waals surface area contributed by atoms with Crippen molar-refractivity contribution in [3.63, 3.8) is 0 Å². The average molecular weight is 379 g/mol. The van der Waals surface area contributed by atoms with Gasteiger partial charge in [0.15, 0.2) is 5.82 Å². The summed E-state index contributed by atoms with van der Waals surface area (Å²) in [5.74, 6) is 0.954. The summed E-state index contributed by atoms with van der Waals surface area (Å²) in [6, 6.07) is 0. The smallest absolute Gasteiger partial charge is 0.261 e. The summed E-state index contributed by atoms with van der Waals surface area (Å²) in [6.45, 7) is 7.75. The first-order valence-corrected chi connectivity index (χ1v) is 9.50. The molecule has 1 amide bonds. The van der Waals surface area contributed by atoms with Gasteiger partial charge in [-0.05, 0) is 12.5 Å². The lowest BCUT2D eigenvalue weighted by Crippen LogP contribution is -2.46. The van der Waals surface area contributed by atoms with Gasteiger partial charge in [-0.15, -0.1) is 11.3 Å². The number of methoxy groups -OCH3 is 2. The summed E-state index contributed by atoms with van der Waals surface area (Å²) in [7, 11) is 3.17. The van der Waals surface area contributed by atoms with E-state index in [1.54, 1.807) is 14.2 Å². The van der Waals surface area contributed by atoms with E-state index in [4.69, 9.17) is 9.47 Å². The molecule has 3 rings (SSSR count). The number of aromatic nitrogens is 2. The average Bonchev–Trinajstić information content (AvgIpc) is 2.99. The normalized spacial score (nSPS) is 15.3. The van der Waals surface area contributed by atoms with Gasteiger partial charge in [0, 0.05) is 46.4 Å². The molecule has 0 saturated carbocycles. The molecule has 0 aromatic carbocycles. The van der Waals surface area contributed by atoms with Gasteiger partial charge in [0.25, 0.3) is 5.91 Å². The predicted octanol–water partition coefficient (Wildman–Crippen LogP) is 0.790. The van der Waals surface area contributed by atoms with Crippen LogP contribution in [0.3, 0.4) is 0 Å². The number of hydrogen-bond acceptors (Lipinski definition) is 8. The molecule has 3 heterocycles. The van der Waals surface area contributed by atoms with Gasteiger partial charge >= 0.3 is 0 Å². The lowest BCUT2D eigenvalue weighted by atomic mass is 10.2. The molecule has 8 nitrogen and oxygen atoms in total. The third kappa shape index (κ3) is 4.12. The van der Waals surface area contributed by atoms with Crippen LogP contribution in [0.15, 0.2) is 0 Å². The number of amides is 1. The van der Waals surface area contributed by atoms with Crippen molar-refractivity contribution >= 4 is 27.5 Å². The Morgan fingerprint density at radius 2 is 2.08 bits per heavy atom. The Kier molecular flexibility index (Phi) is 6.36. The Labute approximate surface area is 156 Å². The largest absolute Gasteiger partial charge is 0.480 e. The molecule has 1 fully saturated rings. The maximum absolute atomic E-state index is 12.6. The molecule has 2 aromatic heterocycles. The molecule has 0 radical (unpaired) electrons. The molecule has 0 aliphatic carbocycles. The van der Waals surface area contributed by atoms with E-state index in [0.717, 1.165) is 48.5 Å². The van der Waals surface area contributed by atoms with Gasteiger partial charge < -0.3 is 20.1 Å². The van der Waals surface area contributed by atoms with Crippen molar-refractivity contribution in [2.75, 3.05) is 53.5 Å². The number of hydrogen-bond donors (Lipinski definition) is 2. The number of aryl methyl sites for hydroxylation is 1. The highest BCUT2D eigenvalue weighted by molar-refractivity contribution is 7.20. The topological polar surface area (TPSA) is 88.6 Å². The number of carbonyl (C=O) groups excluding carboxylic acids is 1. The van der Waals surface area contributed by atoms with Crippen LogP contribution in [-0.4, -0.2) is 74.3 Å². The van der Waals surface area contributed by atoms with Crippen molar-refractivity contribution in [1.82, 2.24) is 25.5 Å². The SMILES string of the molecule is COCc1nc(OC)c2c(C)c(C(=O)NCCN3CCNCC3)sc2n1. The number of ether oxygens (including phenoxy) is 2. The first kappa shape index (κ1) is 19.0. The summed E-state index contributed by atoms with van der Waals surface area (Å²) < 4.78 is 10.5. The lowest BCUT2D eigenvalue weighted by molar-refractivity contribution is 0.0951. The van der Waals surface area contributed by atoms with E-state index >= 15 is 0 Å². The quantitative estimate of drug-likeness (QED) is 0.735. The highest BCUT2D eigenvalue weighted by atomic mass is 32.1. The molecule has 1 aliphatic heterocycles. The van der Waals surface area contributed by atoms with Gasteiger partial charge in [-0.3, -0.25) is 9.69 Å². The molecule has 0 atom stereocenters. The van der Waals surface area contributed by atoms with Crippen LogP contribution in [0, 0.1) is 6.92 Å². The number of nitrogens with zero attached hydrogens (tertiary/aromatic N) is 3. The van der Waals surface area contributed by atoms with Crippen LogP contribution in [0.4, 0.5) is 0 Å². The van der Waals surface area contributed by atoms with Crippen molar-refractivity contribution < 1.29 is 14.3 Å². The Hall–Kier alpha value is -1.81. The molecule has 1 aliphatic rings. The zero-order chi connectivity index (χ0) is 18.5. The second-order valence-corrected chi connectivity index (χ2v) is 7.17. The Morgan fingerprint density at radius 1 is 1.31 bits per heavy atom. The van der Waals surface area contributed by atoms with Gasteiger partial charge in [-0.1, -0.05) is 0 Å². The first-order valence-electron chi connectivity index (χ1n) is 8.68. The van der Waals surface area contributed by atoms with Crippen LogP contribution in [-0.2, 0) is 11.3 Å². The molecule has 0 bridgehead atoms. The summed E-state index contributed by atoms with van der Waals surface area (Å²) >= 11 is 1.37. The molecule has 2 aromatic rings. The highest BCUT2D eigenvalue weighted by Crippen LogP contribution is 2.34. The van der Waals surface area contributed by atoms with E-state index < -0.39 is 0 Å². The van der Waals surface area contributed by atoms with Crippen molar-refractivity contribution in [2.24, 2.45) is 0 Å². The van der Waals surface area contributed by atoms with Crippen LogP contribution in [0.2, 0.25) is 0 Å². The number of carbonyl (C=O) groups is 1. The molecule has 1 saturated heterocycles. The minimum Gasteiger partial charge on any atom is -0.480 e. The fourth-order valence-electron chi connectivity index (χ4n) is 3.04. The van der Waals surface area contributed by atoms with Crippen molar-refractivity contribution in [3.05, 3.63) is 16.3 Å². The van der Waals surface area contributed by atoms with Crippen LogP contribution in [0.25, 0.3) is 10.2 Å². The highest BCUT2D eigenvalue weighted by Gasteiger charge is 2.21. The van der Waals surface area contributed by atoms with Gasteiger partial charge in [-0.25, -0.2) is 4.98 Å². The van der Waals surface area contributed by atoms with E-state index in [0.29, 0.717) is 29.7 Å². The van der Waals surface area contributed by atoms with Gasteiger partial charge in [-0.2, -0.15) is 4.98 Å². The maximum Gasteiger partial charge on any atom is 0.261 e. The molecule has 2 N–H and O–H groups in total. The van der Waals surface area contributed by atoms with Gasteiger partial charge in [0.2, 0.25) is 5.88 Å². The predicted molar refractivity (Wildman–Crippen MR) is 101 cm³/mol. The molecule has 0 spiro atoms. The minimum absolute atomic E-state index is 0.0732. The molecule has 9 heteroatoms. The molecular formula is C17H25N5O3S. The molecule has 0 unspecified atom stereocenters. The maximum atomic E-state index is 12.6. The van der Waals surface area contributed by atoms with E-state index in [9.17, 15) is 4.79 Å². The Balaban J connectivity index is 1.74. The summed E-state index contributed by atoms with van der Waals surface area (Å²) in [5, 5.41) is 7.14. The van der Waals surface area contributed by atoms with E-state index in [1.807, 2.05) is 6.92 Å². The fraction of sp³-hybridized carbons (Fsp3) is 0.588. The number of thiophene rings is 1. The zero-order valence-electron chi connectivity index (χ0n) is 15.4. The number of rotatable bonds is 7. The van der Waals surface area contributed by atoms with E-state index in [1.165, 1.54) is 11.3 Å². The van der Waals surface area contributed by atoms with Crippen molar-refractivity contribution in [1.29, 1.82) is 0 Å². The monoisotopic (exact) mass is 379 g/mol. The Morgan fingerprint density at radius 3 is 2.77 bits per heavy atom. The summed E-state index contributed by atoms with van der Waals surface area (Å²) in [4.78, 5) is 25.3. The van der Waals surface area contributed by atoms with E-state index in [2.05, 4.69) is 25.5 Å². The van der Waals surface area contributed by atoms with Crippen molar-refractivity contribution in [2.45, 2.75) is 13.5 Å².